The molecule has 5 nitrogen and oxygen atoms in total. The molecule has 3 aromatic rings. The quantitative estimate of drug-likeness (QED) is 0.732. The van der Waals surface area contributed by atoms with E-state index in [1.54, 1.807) is 12.3 Å². The molecular formula is C15H11N3O2. The average molecular weight is 265 g/mol. The molecule has 5 heteroatoms. The highest BCUT2D eigenvalue weighted by atomic mass is 16.5. The first-order valence-corrected chi connectivity index (χ1v) is 6.25. The van der Waals surface area contributed by atoms with Gasteiger partial charge in [-0.05, 0) is 17.7 Å². The first-order valence-electron chi connectivity index (χ1n) is 6.25. The molecule has 0 bridgehead atoms. The highest BCUT2D eigenvalue weighted by Gasteiger charge is 2.25. The largest absolute Gasteiger partial charge is 0.484 e. The Kier molecular flexibility index (Phi) is 2.26. The van der Waals surface area contributed by atoms with Crippen molar-refractivity contribution in [3.8, 4) is 28.5 Å². The molecule has 0 radical (unpaired) electrons. The van der Waals surface area contributed by atoms with E-state index in [0.29, 0.717) is 29.5 Å². The molecule has 2 aromatic heterocycles. The second-order valence-corrected chi connectivity index (χ2v) is 4.53. The number of hydrogen-bond donors (Lipinski definition) is 1. The molecule has 0 saturated heterocycles. The Morgan fingerprint density at radius 1 is 1.00 bits per heavy atom. The van der Waals surface area contributed by atoms with Crippen LogP contribution >= 0.6 is 0 Å². The zero-order chi connectivity index (χ0) is 13.5. The highest BCUT2D eigenvalue weighted by molar-refractivity contribution is 5.79. The van der Waals surface area contributed by atoms with Crippen molar-refractivity contribution in [1.82, 2.24) is 9.97 Å². The van der Waals surface area contributed by atoms with Crippen LogP contribution in [0.25, 0.3) is 22.7 Å². The number of ether oxygens (including phenoxy) is 1. The molecule has 0 aliphatic carbocycles. The Balaban J connectivity index is 2.01. The molecule has 4 rings (SSSR count). The molecular weight excluding hydrogens is 254 g/mol. The van der Waals surface area contributed by atoms with Crippen LogP contribution in [0.1, 0.15) is 5.56 Å². The Morgan fingerprint density at radius 2 is 1.85 bits per heavy atom. The van der Waals surface area contributed by atoms with Crippen LogP contribution in [-0.2, 0) is 6.61 Å². The van der Waals surface area contributed by atoms with Gasteiger partial charge in [0.05, 0.1) is 6.26 Å². The van der Waals surface area contributed by atoms with E-state index in [2.05, 4.69) is 9.97 Å². The van der Waals surface area contributed by atoms with Crippen molar-refractivity contribution in [2.45, 2.75) is 6.61 Å². The van der Waals surface area contributed by atoms with Crippen molar-refractivity contribution in [3.63, 3.8) is 0 Å². The minimum Gasteiger partial charge on any atom is -0.484 e. The number of nitrogens with two attached hydrogens (primary N) is 1. The number of hydrogen-bond acceptors (Lipinski definition) is 5. The van der Waals surface area contributed by atoms with Gasteiger partial charge >= 0.3 is 0 Å². The molecule has 0 unspecified atom stereocenters. The normalized spacial score (nSPS) is 12.4. The van der Waals surface area contributed by atoms with Gasteiger partial charge in [0.2, 0.25) is 5.95 Å². The monoisotopic (exact) mass is 265 g/mol. The minimum atomic E-state index is 0.204. The Morgan fingerprint density at radius 3 is 2.70 bits per heavy atom. The van der Waals surface area contributed by atoms with Gasteiger partial charge in [-0.25, -0.2) is 9.97 Å². The summed E-state index contributed by atoms with van der Waals surface area (Å²) in [5, 5.41) is 0. The molecule has 1 aromatic carbocycles. The first-order chi connectivity index (χ1) is 9.83. The third-order valence-electron chi connectivity index (χ3n) is 3.28. The maximum absolute atomic E-state index is 5.83. The van der Waals surface area contributed by atoms with Gasteiger partial charge in [0.15, 0.2) is 17.2 Å². The lowest BCUT2D eigenvalue weighted by Crippen LogP contribution is -2.10. The third kappa shape index (κ3) is 1.56. The van der Waals surface area contributed by atoms with Crippen molar-refractivity contribution in [3.05, 3.63) is 48.2 Å². The summed E-state index contributed by atoms with van der Waals surface area (Å²) in [6, 6.07) is 11.6. The standard InChI is InChI=1S/C15H11N3O2/c16-15-17-12-10-5-2-1-4-9(10)8-20-14(12)13(18-15)11-6-3-7-19-11/h1-7H,8H2,(H2,16,17,18). The summed E-state index contributed by atoms with van der Waals surface area (Å²) in [5.74, 6) is 1.44. The zero-order valence-electron chi connectivity index (χ0n) is 10.5. The topological polar surface area (TPSA) is 74.2 Å². The molecule has 2 N–H and O–H groups in total. The van der Waals surface area contributed by atoms with E-state index in [4.69, 9.17) is 14.9 Å². The molecule has 3 heterocycles. The SMILES string of the molecule is Nc1nc(-c2ccco2)c2c(n1)-c1ccccc1CO2. The average Bonchev–Trinajstić information content (AvgIpc) is 3.00. The molecule has 0 atom stereocenters. The number of fused-ring (bicyclic) bond motifs is 3. The first kappa shape index (κ1) is 11.0. The van der Waals surface area contributed by atoms with Gasteiger partial charge in [0.1, 0.15) is 12.3 Å². The van der Waals surface area contributed by atoms with Crippen LogP contribution in [0.3, 0.4) is 0 Å². The maximum atomic E-state index is 5.83. The second-order valence-electron chi connectivity index (χ2n) is 4.53. The van der Waals surface area contributed by atoms with E-state index in [0.717, 1.165) is 11.1 Å². The van der Waals surface area contributed by atoms with E-state index in [9.17, 15) is 0 Å². The molecule has 20 heavy (non-hydrogen) atoms. The highest BCUT2D eigenvalue weighted by Crippen LogP contribution is 2.41. The number of nitrogen functional groups attached to an aromatic ring is 1. The van der Waals surface area contributed by atoms with Crippen molar-refractivity contribution in [2.24, 2.45) is 0 Å². The van der Waals surface area contributed by atoms with Crippen molar-refractivity contribution in [2.75, 3.05) is 5.73 Å². The van der Waals surface area contributed by atoms with E-state index in [-0.39, 0.29) is 5.95 Å². The molecule has 0 amide bonds. The van der Waals surface area contributed by atoms with Gasteiger partial charge in [-0.1, -0.05) is 24.3 Å². The summed E-state index contributed by atoms with van der Waals surface area (Å²) in [7, 11) is 0. The van der Waals surface area contributed by atoms with Crippen molar-refractivity contribution >= 4 is 5.95 Å². The van der Waals surface area contributed by atoms with E-state index in [1.807, 2.05) is 30.3 Å². The van der Waals surface area contributed by atoms with Crippen LogP contribution < -0.4 is 10.5 Å². The second kappa shape index (κ2) is 4.09. The van der Waals surface area contributed by atoms with Gasteiger partial charge in [0, 0.05) is 5.56 Å². The van der Waals surface area contributed by atoms with Gasteiger partial charge in [-0.2, -0.15) is 0 Å². The fourth-order valence-electron chi connectivity index (χ4n) is 2.39. The summed E-state index contributed by atoms with van der Waals surface area (Å²) < 4.78 is 11.2. The lowest BCUT2D eigenvalue weighted by Gasteiger charge is -2.21. The summed E-state index contributed by atoms with van der Waals surface area (Å²) in [6.45, 7) is 0.490. The smallest absolute Gasteiger partial charge is 0.221 e. The van der Waals surface area contributed by atoms with Crippen LogP contribution in [0.15, 0.2) is 47.1 Å². The van der Waals surface area contributed by atoms with Crippen LogP contribution in [0, 0.1) is 0 Å². The molecule has 1 aliphatic heterocycles. The number of benzene rings is 1. The summed E-state index contributed by atoms with van der Waals surface area (Å²) >= 11 is 0. The molecule has 98 valence electrons. The minimum absolute atomic E-state index is 0.204. The number of nitrogens with zero attached hydrogens (tertiary/aromatic N) is 2. The van der Waals surface area contributed by atoms with Gasteiger partial charge in [-0.15, -0.1) is 0 Å². The van der Waals surface area contributed by atoms with Gasteiger partial charge in [-0.3, -0.25) is 0 Å². The van der Waals surface area contributed by atoms with E-state index in [1.165, 1.54) is 0 Å². The Hall–Kier alpha value is -2.82. The Bertz CT molecular complexity index is 782. The fraction of sp³-hybridized carbons (Fsp3) is 0.0667. The predicted octanol–water partition coefficient (Wildman–Crippen LogP) is 2.88. The lowest BCUT2D eigenvalue weighted by atomic mass is 10.0. The van der Waals surface area contributed by atoms with Crippen LogP contribution in [0.5, 0.6) is 5.75 Å². The van der Waals surface area contributed by atoms with Crippen LogP contribution in [-0.4, -0.2) is 9.97 Å². The van der Waals surface area contributed by atoms with Gasteiger partial charge < -0.3 is 14.9 Å². The number of furan rings is 1. The predicted molar refractivity (Wildman–Crippen MR) is 73.9 cm³/mol. The van der Waals surface area contributed by atoms with E-state index >= 15 is 0 Å². The van der Waals surface area contributed by atoms with Crippen LogP contribution in [0.2, 0.25) is 0 Å². The molecule has 0 fully saturated rings. The van der Waals surface area contributed by atoms with Gasteiger partial charge in [0.25, 0.3) is 0 Å². The van der Waals surface area contributed by atoms with Crippen molar-refractivity contribution in [1.29, 1.82) is 0 Å². The molecule has 1 aliphatic rings. The molecule has 0 saturated carbocycles. The van der Waals surface area contributed by atoms with Crippen molar-refractivity contribution < 1.29 is 9.15 Å². The molecule has 0 spiro atoms. The summed E-state index contributed by atoms with van der Waals surface area (Å²) in [5.41, 5.74) is 9.24. The lowest BCUT2D eigenvalue weighted by molar-refractivity contribution is 0.300. The fourth-order valence-corrected chi connectivity index (χ4v) is 2.39. The van der Waals surface area contributed by atoms with E-state index < -0.39 is 0 Å². The summed E-state index contributed by atoms with van der Waals surface area (Å²) in [4.78, 5) is 8.58. The maximum Gasteiger partial charge on any atom is 0.221 e. The summed E-state index contributed by atoms with van der Waals surface area (Å²) in [6.07, 6.45) is 1.59. The Labute approximate surface area is 115 Å². The van der Waals surface area contributed by atoms with Crippen LogP contribution in [0.4, 0.5) is 5.95 Å². The number of aromatic nitrogens is 2. The number of rotatable bonds is 1. The number of anilines is 1. The zero-order valence-corrected chi connectivity index (χ0v) is 10.5. The third-order valence-corrected chi connectivity index (χ3v) is 3.28.